The van der Waals surface area contributed by atoms with Crippen molar-refractivity contribution in [3.05, 3.63) is 53.1 Å². The van der Waals surface area contributed by atoms with E-state index in [-0.39, 0.29) is 37.4 Å². The highest BCUT2D eigenvalue weighted by Crippen LogP contribution is 2.30. The molecule has 2 aliphatic rings. The van der Waals surface area contributed by atoms with Crippen molar-refractivity contribution in [2.24, 2.45) is 5.73 Å². The highest BCUT2D eigenvalue weighted by molar-refractivity contribution is 6.47. The minimum Gasteiger partial charge on any atom is -0.534 e. The third-order valence-electron chi connectivity index (χ3n) is 6.57. The predicted octanol–water partition coefficient (Wildman–Crippen LogP) is -1.47. The smallest absolute Gasteiger partial charge is 0.534 e. The summed E-state index contributed by atoms with van der Waals surface area (Å²) in [6.45, 7) is 1.63. The molecule has 1 fully saturated rings. The van der Waals surface area contributed by atoms with Crippen molar-refractivity contribution in [1.29, 1.82) is 0 Å². The molecule has 1 saturated heterocycles. The number of carboxylic acids is 1. The number of rotatable bonds is 7. The number of aromatic carboxylic acids is 1. The van der Waals surface area contributed by atoms with Crippen molar-refractivity contribution in [3.63, 3.8) is 0 Å². The zero-order valence-corrected chi connectivity index (χ0v) is 21.6. The first-order valence-electron chi connectivity index (χ1n) is 12.4. The van der Waals surface area contributed by atoms with Gasteiger partial charge in [0.15, 0.2) is 11.9 Å². The number of imide groups is 1. The molecule has 0 bridgehead atoms. The fourth-order valence-corrected chi connectivity index (χ4v) is 4.65. The average molecular weight is 572 g/mol. The number of aromatic hydroxyl groups is 1. The minimum absolute atomic E-state index is 0.0266. The number of para-hydroxylation sites is 1. The second-order valence-corrected chi connectivity index (χ2v) is 9.43. The van der Waals surface area contributed by atoms with Gasteiger partial charge in [-0.3, -0.25) is 24.3 Å². The van der Waals surface area contributed by atoms with Crippen molar-refractivity contribution >= 4 is 36.8 Å². The third kappa shape index (κ3) is 5.90. The molecule has 3 atom stereocenters. The number of hydrogen-bond donors (Lipinski definition) is 6. The highest BCUT2D eigenvalue weighted by atomic mass is 19.1. The molecule has 7 N–H and O–H groups in total. The van der Waals surface area contributed by atoms with Crippen LogP contribution in [0.1, 0.15) is 34.6 Å². The summed E-state index contributed by atoms with van der Waals surface area (Å²) in [5.74, 6) is -7.56. The predicted molar refractivity (Wildman–Crippen MR) is 137 cm³/mol. The summed E-state index contributed by atoms with van der Waals surface area (Å²) in [7, 11) is -1.73. The Kier molecular flexibility index (Phi) is 8.39. The number of urea groups is 1. The molecule has 5 amide bonds. The maximum absolute atomic E-state index is 14.8. The monoisotopic (exact) mass is 572 g/mol. The van der Waals surface area contributed by atoms with E-state index in [9.17, 15) is 43.6 Å². The van der Waals surface area contributed by atoms with E-state index in [1.54, 1.807) is 0 Å². The molecule has 0 spiro atoms. The van der Waals surface area contributed by atoms with Gasteiger partial charge < -0.3 is 41.2 Å². The summed E-state index contributed by atoms with van der Waals surface area (Å²) < 4.78 is 20.2. The van der Waals surface area contributed by atoms with Gasteiger partial charge in [-0.05, 0) is 25.0 Å². The van der Waals surface area contributed by atoms with Gasteiger partial charge in [-0.1, -0.05) is 12.1 Å². The van der Waals surface area contributed by atoms with Crippen LogP contribution >= 0.6 is 0 Å². The van der Waals surface area contributed by atoms with Crippen LogP contribution in [0.25, 0.3) is 0 Å². The number of nitrogens with zero attached hydrogens (tertiary/aromatic N) is 3. The van der Waals surface area contributed by atoms with Crippen LogP contribution in [0.5, 0.6) is 11.5 Å². The number of benzene rings is 1. The lowest BCUT2D eigenvalue weighted by Gasteiger charge is -2.38. The number of nitrogens with one attached hydrogen (secondary N) is 2. The quantitative estimate of drug-likeness (QED) is 0.166. The van der Waals surface area contributed by atoms with Crippen LogP contribution in [-0.4, -0.2) is 98.5 Å². The summed E-state index contributed by atoms with van der Waals surface area (Å²) in [5.41, 5.74) is 4.98. The molecule has 2 aliphatic heterocycles. The molecule has 0 aliphatic carbocycles. The van der Waals surface area contributed by atoms with E-state index in [2.05, 4.69) is 15.6 Å². The Labute approximate surface area is 232 Å². The zero-order valence-electron chi connectivity index (χ0n) is 21.6. The summed E-state index contributed by atoms with van der Waals surface area (Å²) >= 11 is 0. The van der Waals surface area contributed by atoms with Gasteiger partial charge in [0, 0.05) is 25.7 Å². The maximum atomic E-state index is 14.8. The largest absolute Gasteiger partial charge is 0.547 e. The Balaban J connectivity index is 1.59. The number of pyridine rings is 1. The summed E-state index contributed by atoms with van der Waals surface area (Å²) in [6, 6.07) is 0.978. The van der Waals surface area contributed by atoms with Crippen LogP contribution in [0.2, 0.25) is 0 Å². The number of carbonyl (C=O) groups excluding carboxylic acids is 4. The van der Waals surface area contributed by atoms with Gasteiger partial charge in [-0.25, -0.2) is 14.0 Å². The third-order valence-corrected chi connectivity index (χ3v) is 6.57. The number of piperazine rings is 1. The Bertz CT molecular complexity index is 1410. The molecule has 15 nitrogen and oxygen atoms in total. The van der Waals surface area contributed by atoms with Crippen LogP contribution < -0.4 is 21.0 Å². The maximum Gasteiger partial charge on any atom is 0.547 e. The lowest BCUT2D eigenvalue weighted by atomic mass is 9.72. The second-order valence-electron chi connectivity index (χ2n) is 9.43. The molecule has 1 aromatic heterocycles. The van der Waals surface area contributed by atoms with Gasteiger partial charge in [-0.15, -0.1) is 0 Å². The van der Waals surface area contributed by atoms with E-state index < -0.39 is 72.1 Å². The van der Waals surface area contributed by atoms with Crippen molar-refractivity contribution in [2.75, 3.05) is 19.6 Å². The topological polar surface area (TPSA) is 225 Å². The number of hydrogen-bond acceptors (Lipinski definition) is 10. The van der Waals surface area contributed by atoms with E-state index in [0.717, 1.165) is 6.20 Å². The Morgan fingerprint density at radius 1 is 1.29 bits per heavy atom. The first kappa shape index (κ1) is 29.2. The molecule has 1 aromatic carbocycles. The van der Waals surface area contributed by atoms with E-state index >= 15 is 0 Å². The number of carboxylic acid groups (broad SMARTS) is 1. The van der Waals surface area contributed by atoms with Crippen molar-refractivity contribution in [1.82, 2.24) is 25.4 Å². The van der Waals surface area contributed by atoms with Gasteiger partial charge in [0.05, 0.1) is 23.7 Å². The van der Waals surface area contributed by atoms with Crippen molar-refractivity contribution in [3.8, 4) is 11.5 Å². The summed E-state index contributed by atoms with van der Waals surface area (Å²) in [5, 5.41) is 34.1. The van der Waals surface area contributed by atoms with E-state index in [4.69, 9.17) is 10.4 Å². The Morgan fingerprint density at radius 3 is 2.68 bits per heavy atom. The molecular weight excluding hydrogens is 546 g/mol. The van der Waals surface area contributed by atoms with Gasteiger partial charge in [0.2, 0.25) is 5.91 Å². The molecule has 1 unspecified atom stereocenters. The SMILES string of the molecule is C[C@H]1CN(CCN)C(=O)C(=O)N1C(=O)NC(C(=O)N[C@H]1Cc2cccc(C(=O)O)c2OB1O)c1ncc(O)cc1F. The summed E-state index contributed by atoms with van der Waals surface area (Å²) in [6.07, 6.45) is 0.735. The van der Waals surface area contributed by atoms with E-state index in [1.807, 2.05) is 0 Å². The number of nitrogens with two attached hydrogens (primary N) is 1. The number of aromatic nitrogens is 1. The van der Waals surface area contributed by atoms with Gasteiger partial charge >= 0.3 is 30.9 Å². The molecule has 4 rings (SSSR count). The van der Waals surface area contributed by atoms with Crippen LogP contribution in [0.4, 0.5) is 9.18 Å². The van der Waals surface area contributed by atoms with Crippen LogP contribution in [0.3, 0.4) is 0 Å². The van der Waals surface area contributed by atoms with E-state index in [0.29, 0.717) is 16.5 Å². The Hall–Kier alpha value is -4.77. The molecule has 0 radical (unpaired) electrons. The van der Waals surface area contributed by atoms with Gasteiger partial charge in [-0.2, -0.15) is 0 Å². The highest BCUT2D eigenvalue weighted by Gasteiger charge is 2.43. The first-order valence-corrected chi connectivity index (χ1v) is 12.4. The van der Waals surface area contributed by atoms with Gasteiger partial charge in [0.1, 0.15) is 17.2 Å². The van der Waals surface area contributed by atoms with Crippen LogP contribution in [-0.2, 0) is 20.8 Å². The number of carbonyl (C=O) groups is 5. The second kappa shape index (κ2) is 11.8. The lowest BCUT2D eigenvalue weighted by molar-refractivity contribution is -0.155. The molecule has 2 aromatic rings. The molecular formula is C24H26BFN6O9. The fraction of sp³-hybridized carbons (Fsp3) is 0.333. The van der Waals surface area contributed by atoms with Gasteiger partial charge in [0.25, 0.3) is 0 Å². The molecule has 41 heavy (non-hydrogen) atoms. The summed E-state index contributed by atoms with van der Waals surface area (Å²) in [4.78, 5) is 68.8. The minimum atomic E-state index is -1.90. The Morgan fingerprint density at radius 2 is 2.02 bits per heavy atom. The molecule has 0 saturated carbocycles. The average Bonchev–Trinajstić information content (AvgIpc) is 2.90. The van der Waals surface area contributed by atoms with Crippen molar-refractivity contribution in [2.45, 2.75) is 31.4 Å². The molecule has 216 valence electrons. The zero-order chi connectivity index (χ0) is 30.0. The first-order chi connectivity index (χ1) is 19.4. The lowest BCUT2D eigenvalue weighted by Crippen LogP contribution is -2.63. The van der Waals surface area contributed by atoms with Crippen molar-refractivity contribution < 1.29 is 48.3 Å². The molecule has 17 heteroatoms. The standard InChI is InChI=1S/C24H26BFN6O9/c1-11-10-31(6-5-27)21(35)22(36)32(11)24(39)30-18(17-15(26)8-13(33)9-28-17)20(34)29-16-7-12-3-2-4-14(23(37)38)19(12)41-25(16)40/h2-4,8-9,11,16,18,33,40H,5-7,10,27H2,1H3,(H,29,34)(H,30,39)(H,37,38)/t11-,16-,18?/m0/s1. The van der Waals surface area contributed by atoms with Crippen LogP contribution in [0.15, 0.2) is 30.5 Å². The number of halogens is 1. The van der Waals surface area contributed by atoms with Crippen LogP contribution in [0, 0.1) is 5.82 Å². The number of fused-ring (bicyclic) bond motifs is 1. The normalized spacial score (nSPS) is 19.3. The number of amides is 5. The molecule has 3 heterocycles. The van der Waals surface area contributed by atoms with E-state index in [1.165, 1.54) is 30.0 Å². The fourth-order valence-electron chi connectivity index (χ4n) is 4.65.